The van der Waals surface area contributed by atoms with Crippen molar-refractivity contribution in [3.05, 3.63) is 5.28 Å². The van der Waals surface area contributed by atoms with Crippen molar-refractivity contribution in [3.8, 4) is 0 Å². The highest BCUT2D eigenvalue weighted by Gasteiger charge is 2.18. The van der Waals surface area contributed by atoms with E-state index in [1.165, 1.54) is 19.3 Å². The minimum absolute atomic E-state index is 0.203. The van der Waals surface area contributed by atoms with Gasteiger partial charge >= 0.3 is 0 Å². The molecular weight excluding hydrogens is 252 g/mol. The predicted molar refractivity (Wildman–Crippen MR) is 73.1 cm³/mol. The second-order valence-electron chi connectivity index (χ2n) is 4.51. The van der Waals surface area contributed by atoms with Crippen LogP contribution in [0.2, 0.25) is 5.28 Å². The Balaban J connectivity index is 1.94. The molecule has 2 N–H and O–H groups in total. The van der Waals surface area contributed by atoms with Gasteiger partial charge in [0, 0.05) is 19.6 Å². The van der Waals surface area contributed by atoms with Gasteiger partial charge in [0.1, 0.15) is 0 Å². The topological polar surface area (TPSA) is 66.0 Å². The van der Waals surface area contributed by atoms with Gasteiger partial charge < -0.3 is 15.5 Å². The zero-order valence-electron chi connectivity index (χ0n) is 10.8. The summed E-state index contributed by atoms with van der Waals surface area (Å²) < 4.78 is 0. The summed E-state index contributed by atoms with van der Waals surface area (Å²) in [5, 5.41) is 6.29. The Morgan fingerprint density at radius 1 is 1.28 bits per heavy atom. The van der Waals surface area contributed by atoms with Crippen molar-refractivity contribution in [2.45, 2.75) is 25.3 Å². The molecule has 1 saturated heterocycles. The molecule has 6 nitrogen and oxygen atoms in total. The second kappa shape index (κ2) is 6.15. The molecule has 0 saturated carbocycles. The highest BCUT2D eigenvalue weighted by atomic mass is 35.5. The average molecular weight is 271 g/mol. The maximum atomic E-state index is 5.83. The van der Waals surface area contributed by atoms with Gasteiger partial charge in [-0.05, 0) is 38.0 Å². The molecule has 1 aliphatic rings. The minimum Gasteiger partial charge on any atom is -0.357 e. The first kappa shape index (κ1) is 13.3. The SMILES string of the molecule is CNc1nc(Cl)nc(NCC2CCCCN2C)n1. The Kier molecular flexibility index (Phi) is 4.54. The standard InChI is InChI=1S/C11H19ClN6/c1-13-10-15-9(12)16-11(17-10)14-7-8-5-3-4-6-18(8)2/h8H,3-7H2,1-2H3,(H2,13,14,15,16,17). The van der Waals surface area contributed by atoms with E-state index in [2.05, 4.69) is 37.5 Å². The molecule has 2 heterocycles. The summed E-state index contributed by atoms with van der Waals surface area (Å²) in [6.45, 7) is 1.99. The fourth-order valence-corrected chi connectivity index (χ4v) is 2.31. The van der Waals surface area contributed by atoms with Crippen LogP contribution in [0, 0.1) is 0 Å². The number of rotatable bonds is 4. The van der Waals surface area contributed by atoms with Crippen molar-refractivity contribution >= 4 is 23.5 Å². The number of nitrogens with zero attached hydrogens (tertiary/aromatic N) is 4. The van der Waals surface area contributed by atoms with Crippen molar-refractivity contribution in [1.82, 2.24) is 19.9 Å². The molecule has 0 amide bonds. The fraction of sp³-hybridized carbons (Fsp3) is 0.727. The number of likely N-dealkylation sites (N-methyl/N-ethyl adjacent to an activating group) is 1. The minimum atomic E-state index is 0.203. The smallest absolute Gasteiger partial charge is 0.228 e. The predicted octanol–water partition coefficient (Wildman–Crippen LogP) is 1.46. The van der Waals surface area contributed by atoms with Crippen LogP contribution < -0.4 is 10.6 Å². The summed E-state index contributed by atoms with van der Waals surface area (Å²) in [5.41, 5.74) is 0. The van der Waals surface area contributed by atoms with Gasteiger partial charge in [0.05, 0.1) is 0 Å². The van der Waals surface area contributed by atoms with Crippen LogP contribution in [-0.2, 0) is 0 Å². The third-order valence-electron chi connectivity index (χ3n) is 3.25. The van der Waals surface area contributed by atoms with Crippen molar-refractivity contribution in [3.63, 3.8) is 0 Å². The number of anilines is 2. The molecule has 0 aliphatic carbocycles. The van der Waals surface area contributed by atoms with Gasteiger partial charge in [-0.3, -0.25) is 0 Å². The molecule has 18 heavy (non-hydrogen) atoms. The lowest BCUT2D eigenvalue weighted by molar-refractivity contribution is 0.194. The Morgan fingerprint density at radius 3 is 2.78 bits per heavy atom. The van der Waals surface area contributed by atoms with E-state index in [-0.39, 0.29) is 5.28 Å². The first-order valence-corrected chi connectivity index (χ1v) is 6.60. The average Bonchev–Trinajstić information content (AvgIpc) is 2.37. The van der Waals surface area contributed by atoms with Crippen molar-refractivity contribution in [2.75, 3.05) is 37.8 Å². The molecule has 1 fully saturated rings. The summed E-state index contributed by atoms with van der Waals surface area (Å²) >= 11 is 5.83. The molecule has 100 valence electrons. The normalized spacial score (nSPS) is 20.7. The lowest BCUT2D eigenvalue weighted by Crippen LogP contribution is -2.41. The quantitative estimate of drug-likeness (QED) is 0.864. The molecule has 0 spiro atoms. The third-order valence-corrected chi connectivity index (χ3v) is 3.42. The van der Waals surface area contributed by atoms with Crippen LogP contribution in [-0.4, -0.2) is 53.1 Å². The highest BCUT2D eigenvalue weighted by Crippen LogP contribution is 2.16. The monoisotopic (exact) mass is 270 g/mol. The van der Waals surface area contributed by atoms with E-state index in [9.17, 15) is 0 Å². The summed E-state index contributed by atoms with van der Waals surface area (Å²) in [5.74, 6) is 1.01. The summed E-state index contributed by atoms with van der Waals surface area (Å²) in [6.07, 6.45) is 3.78. The molecule has 1 atom stereocenters. The molecule has 1 aliphatic heterocycles. The van der Waals surface area contributed by atoms with E-state index in [4.69, 9.17) is 11.6 Å². The second-order valence-corrected chi connectivity index (χ2v) is 4.85. The number of nitrogens with one attached hydrogen (secondary N) is 2. The number of aromatic nitrogens is 3. The van der Waals surface area contributed by atoms with Crippen molar-refractivity contribution < 1.29 is 0 Å². The Hall–Kier alpha value is -1.14. The number of hydrogen-bond donors (Lipinski definition) is 2. The van der Waals surface area contributed by atoms with Gasteiger partial charge in [-0.15, -0.1) is 0 Å². The van der Waals surface area contributed by atoms with Crippen LogP contribution in [0.15, 0.2) is 0 Å². The maximum absolute atomic E-state index is 5.83. The lowest BCUT2D eigenvalue weighted by Gasteiger charge is -2.32. The molecule has 7 heteroatoms. The fourth-order valence-electron chi connectivity index (χ4n) is 2.15. The largest absolute Gasteiger partial charge is 0.357 e. The molecule has 2 rings (SSSR count). The zero-order chi connectivity index (χ0) is 13.0. The first-order chi connectivity index (χ1) is 8.69. The van der Waals surface area contributed by atoms with E-state index >= 15 is 0 Å². The van der Waals surface area contributed by atoms with Gasteiger partial charge in [0.15, 0.2) is 0 Å². The van der Waals surface area contributed by atoms with Crippen molar-refractivity contribution in [1.29, 1.82) is 0 Å². The van der Waals surface area contributed by atoms with E-state index in [0.29, 0.717) is 17.9 Å². The van der Waals surface area contributed by atoms with Crippen LogP contribution in [0.25, 0.3) is 0 Å². The summed E-state index contributed by atoms with van der Waals surface area (Å²) in [4.78, 5) is 14.6. The van der Waals surface area contributed by atoms with Crippen LogP contribution >= 0.6 is 11.6 Å². The molecule has 0 radical (unpaired) electrons. The Labute approximate surface area is 112 Å². The highest BCUT2D eigenvalue weighted by molar-refractivity contribution is 6.28. The number of piperidine rings is 1. The van der Waals surface area contributed by atoms with Gasteiger partial charge in [0.25, 0.3) is 0 Å². The maximum Gasteiger partial charge on any atom is 0.228 e. The van der Waals surface area contributed by atoms with Crippen LogP contribution in [0.5, 0.6) is 0 Å². The summed E-state index contributed by atoms with van der Waals surface area (Å²) in [6, 6.07) is 0.535. The Morgan fingerprint density at radius 2 is 2.06 bits per heavy atom. The van der Waals surface area contributed by atoms with Crippen LogP contribution in [0.1, 0.15) is 19.3 Å². The van der Waals surface area contributed by atoms with E-state index in [1.807, 2.05) is 0 Å². The lowest BCUT2D eigenvalue weighted by atomic mass is 10.0. The van der Waals surface area contributed by atoms with E-state index in [0.717, 1.165) is 13.1 Å². The number of likely N-dealkylation sites (tertiary alicyclic amines) is 1. The Bertz CT molecular complexity index is 399. The van der Waals surface area contributed by atoms with Gasteiger partial charge in [-0.25, -0.2) is 0 Å². The number of halogens is 1. The van der Waals surface area contributed by atoms with Crippen LogP contribution in [0.4, 0.5) is 11.9 Å². The van der Waals surface area contributed by atoms with E-state index in [1.54, 1.807) is 7.05 Å². The van der Waals surface area contributed by atoms with Gasteiger partial charge in [0.2, 0.25) is 17.2 Å². The molecule has 0 bridgehead atoms. The molecular formula is C11H19ClN6. The molecule has 1 aromatic rings. The molecule has 1 unspecified atom stereocenters. The van der Waals surface area contributed by atoms with Gasteiger partial charge in [-0.1, -0.05) is 6.42 Å². The summed E-state index contributed by atoms with van der Waals surface area (Å²) in [7, 11) is 3.91. The number of hydrogen-bond acceptors (Lipinski definition) is 6. The molecule has 0 aromatic carbocycles. The molecule has 1 aromatic heterocycles. The first-order valence-electron chi connectivity index (χ1n) is 6.22. The van der Waals surface area contributed by atoms with Crippen molar-refractivity contribution in [2.24, 2.45) is 0 Å². The third kappa shape index (κ3) is 3.43. The van der Waals surface area contributed by atoms with Crippen LogP contribution in [0.3, 0.4) is 0 Å². The van der Waals surface area contributed by atoms with E-state index < -0.39 is 0 Å². The van der Waals surface area contributed by atoms with Gasteiger partial charge in [-0.2, -0.15) is 15.0 Å². The zero-order valence-corrected chi connectivity index (χ0v) is 11.5.